The number of carboxylic acid groups (broad SMARTS) is 1. The molecule has 1 aliphatic carbocycles. The molecule has 22 heavy (non-hydrogen) atoms. The van der Waals surface area contributed by atoms with Crippen LogP contribution in [0.2, 0.25) is 0 Å². The fourth-order valence-electron chi connectivity index (χ4n) is 3.67. The molecular formula is C16H19BrN2O3. The van der Waals surface area contributed by atoms with Crippen molar-refractivity contribution in [2.45, 2.75) is 38.8 Å². The highest BCUT2D eigenvalue weighted by molar-refractivity contribution is 9.10. The van der Waals surface area contributed by atoms with Crippen molar-refractivity contribution in [3.63, 3.8) is 0 Å². The highest BCUT2D eigenvalue weighted by Crippen LogP contribution is 2.49. The van der Waals surface area contributed by atoms with Gasteiger partial charge in [-0.2, -0.15) is 0 Å². The van der Waals surface area contributed by atoms with Gasteiger partial charge in [0.1, 0.15) is 0 Å². The van der Waals surface area contributed by atoms with Gasteiger partial charge in [0.15, 0.2) is 0 Å². The third-order valence-corrected chi connectivity index (χ3v) is 5.16. The lowest BCUT2D eigenvalue weighted by molar-refractivity contribution is -0.117. The Bertz CT molecular complexity index is 630. The number of nitrogens with zero attached hydrogens (tertiary/aromatic N) is 1. The molecule has 0 aromatic heterocycles. The normalized spacial score (nSPS) is 27.2. The average molecular weight is 367 g/mol. The van der Waals surface area contributed by atoms with E-state index in [1.54, 1.807) is 6.92 Å². The zero-order chi connectivity index (χ0) is 16.0. The molecule has 118 valence electrons. The molecule has 0 unspecified atom stereocenters. The number of benzene rings is 1. The van der Waals surface area contributed by atoms with Gasteiger partial charge in [-0.1, -0.05) is 22.9 Å². The largest absolute Gasteiger partial charge is 0.465 e. The van der Waals surface area contributed by atoms with Crippen molar-refractivity contribution in [1.82, 2.24) is 5.32 Å². The summed E-state index contributed by atoms with van der Waals surface area (Å²) in [5.41, 5.74) is 1.68. The van der Waals surface area contributed by atoms with Crippen LogP contribution >= 0.6 is 15.9 Å². The summed E-state index contributed by atoms with van der Waals surface area (Å²) in [6.07, 6.45) is 1.17. The summed E-state index contributed by atoms with van der Waals surface area (Å²) in [6, 6.07) is 5.46. The van der Waals surface area contributed by atoms with Gasteiger partial charge in [0.25, 0.3) is 0 Å². The van der Waals surface area contributed by atoms with Crippen LogP contribution in [0.1, 0.15) is 38.3 Å². The highest BCUT2D eigenvalue weighted by atomic mass is 79.9. The summed E-state index contributed by atoms with van der Waals surface area (Å²) in [5, 5.41) is 11.8. The molecule has 5 nitrogen and oxygen atoms in total. The smallest absolute Gasteiger partial charge is 0.405 e. The van der Waals surface area contributed by atoms with Gasteiger partial charge in [-0.05, 0) is 42.5 Å². The molecule has 1 saturated carbocycles. The fraction of sp³-hybridized carbons (Fsp3) is 0.500. The number of halogens is 1. The van der Waals surface area contributed by atoms with E-state index in [2.05, 4.69) is 21.2 Å². The summed E-state index contributed by atoms with van der Waals surface area (Å²) < 4.78 is 0.879. The minimum atomic E-state index is -1.03. The maximum atomic E-state index is 12.2. The summed E-state index contributed by atoms with van der Waals surface area (Å²) in [6.45, 7) is 3.61. The Morgan fingerprint density at radius 2 is 2.05 bits per heavy atom. The molecule has 2 aliphatic rings. The molecule has 1 aliphatic heterocycles. The third kappa shape index (κ3) is 2.60. The number of fused-ring (bicyclic) bond motifs is 1. The second-order valence-electron chi connectivity index (χ2n) is 6.21. The number of amides is 2. The predicted molar refractivity (Wildman–Crippen MR) is 86.9 cm³/mol. The van der Waals surface area contributed by atoms with Crippen LogP contribution in [0.3, 0.4) is 0 Å². The number of rotatable bonds is 2. The van der Waals surface area contributed by atoms with Gasteiger partial charge >= 0.3 is 6.09 Å². The van der Waals surface area contributed by atoms with Gasteiger partial charge in [-0.3, -0.25) is 4.79 Å². The van der Waals surface area contributed by atoms with Crippen molar-refractivity contribution in [3.8, 4) is 0 Å². The summed E-state index contributed by atoms with van der Waals surface area (Å²) in [4.78, 5) is 25.3. The van der Waals surface area contributed by atoms with Crippen LogP contribution < -0.4 is 10.2 Å². The van der Waals surface area contributed by atoms with E-state index in [1.807, 2.05) is 30.0 Å². The molecule has 0 radical (unpaired) electrons. The van der Waals surface area contributed by atoms with Gasteiger partial charge < -0.3 is 15.3 Å². The first-order valence-corrected chi connectivity index (χ1v) is 8.28. The van der Waals surface area contributed by atoms with E-state index in [0.29, 0.717) is 5.92 Å². The van der Waals surface area contributed by atoms with Crippen molar-refractivity contribution >= 4 is 33.6 Å². The molecule has 3 rings (SSSR count). The van der Waals surface area contributed by atoms with Crippen LogP contribution in [0.25, 0.3) is 0 Å². The van der Waals surface area contributed by atoms with Gasteiger partial charge in [-0.15, -0.1) is 0 Å². The lowest BCUT2D eigenvalue weighted by atomic mass is 9.80. The van der Waals surface area contributed by atoms with Crippen molar-refractivity contribution in [3.05, 3.63) is 28.2 Å². The summed E-state index contributed by atoms with van der Waals surface area (Å²) in [7, 11) is 0. The SMILES string of the molecule is CC(=O)N1c2ccc(Br)cc2[C@H](NC(=O)O)[C@@H](C)[C@H]1C1CC1. The Balaban J connectivity index is 2.13. The minimum absolute atomic E-state index is 0.0149. The molecule has 3 atom stereocenters. The second kappa shape index (κ2) is 5.57. The molecule has 1 aromatic rings. The van der Waals surface area contributed by atoms with Gasteiger partial charge in [-0.25, -0.2) is 4.79 Å². The van der Waals surface area contributed by atoms with E-state index in [-0.39, 0.29) is 23.9 Å². The van der Waals surface area contributed by atoms with Gasteiger partial charge in [0, 0.05) is 29.0 Å². The lowest BCUT2D eigenvalue weighted by Crippen LogP contribution is -2.53. The number of carbonyl (C=O) groups excluding carboxylic acids is 1. The van der Waals surface area contributed by atoms with E-state index in [1.165, 1.54) is 0 Å². The fourth-order valence-corrected chi connectivity index (χ4v) is 4.05. The van der Waals surface area contributed by atoms with Gasteiger partial charge in [0.05, 0.1) is 6.04 Å². The molecule has 2 amide bonds. The Hall–Kier alpha value is -1.56. The molecule has 0 saturated heterocycles. The molecule has 6 heteroatoms. The molecule has 1 aromatic carbocycles. The van der Waals surface area contributed by atoms with Gasteiger partial charge in [0.2, 0.25) is 5.91 Å². The third-order valence-electron chi connectivity index (χ3n) is 4.67. The Morgan fingerprint density at radius 1 is 1.36 bits per heavy atom. The minimum Gasteiger partial charge on any atom is -0.465 e. The molecule has 0 bridgehead atoms. The van der Waals surface area contributed by atoms with Crippen molar-refractivity contribution in [1.29, 1.82) is 0 Å². The van der Waals surface area contributed by atoms with Crippen LogP contribution in [0.15, 0.2) is 22.7 Å². The standard InChI is InChI=1S/C16H19BrN2O3/c1-8-14(18-16(21)22)12-7-11(17)5-6-13(12)19(9(2)20)15(8)10-3-4-10/h5-8,10,14-15,18H,3-4H2,1-2H3,(H,21,22)/t8-,14-,15+/m1/s1. The summed E-state index contributed by atoms with van der Waals surface area (Å²) in [5.74, 6) is 0.518. The van der Waals surface area contributed by atoms with Crippen LogP contribution in [0, 0.1) is 11.8 Å². The number of hydrogen-bond acceptors (Lipinski definition) is 2. The topological polar surface area (TPSA) is 69.6 Å². The molecule has 0 spiro atoms. The number of nitrogens with one attached hydrogen (secondary N) is 1. The van der Waals surface area contributed by atoms with Crippen molar-refractivity contribution in [2.24, 2.45) is 11.8 Å². The number of anilines is 1. The lowest BCUT2D eigenvalue weighted by Gasteiger charge is -2.45. The van der Waals surface area contributed by atoms with Crippen LogP contribution in [-0.4, -0.2) is 23.1 Å². The molecule has 2 N–H and O–H groups in total. The monoisotopic (exact) mass is 366 g/mol. The van der Waals surface area contributed by atoms with E-state index in [4.69, 9.17) is 0 Å². The van der Waals surface area contributed by atoms with Crippen LogP contribution in [0.5, 0.6) is 0 Å². The molecule has 1 heterocycles. The predicted octanol–water partition coefficient (Wildman–Crippen LogP) is 3.54. The first kappa shape index (κ1) is 15.3. The van der Waals surface area contributed by atoms with E-state index < -0.39 is 6.09 Å². The number of hydrogen-bond donors (Lipinski definition) is 2. The quantitative estimate of drug-likeness (QED) is 0.840. The zero-order valence-corrected chi connectivity index (χ0v) is 14.1. The van der Waals surface area contributed by atoms with E-state index in [0.717, 1.165) is 28.6 Å². The number of carbonyl (C=O) groups is 2. The van der Waals surface area contributed by atoms with E-state index in [9.17, 15) is 14.7 Å². The summed E-state index contributed by atoms with van der Waals surface area (Å²) >= 11 is 3.44. The van der Waals surface area contributed by atoms with Crippen molar-refractivity contribution in [2.75, 3.05) is 4.90 Å². The maximum Gasteiger partial charge on any atom is 0.405 e. The first-order chi connectivity index (χ1) is 10.4. The average Bonchev–Trinajstić information content (AvgIpc) is 3.25. The first-order valence-electron chi connectivity index (χ1n) is 7.49. The maximum absolute atomic E-state index is 12.2. The Labute approximate surface area is 137 Å². The molecular weight excluding hydrogens is 348 g/mol. The zero-order valence-electron chi connectivity index (χ0n) is 12.5. The highest BCUT2D eigenvalue weighted by Gasteiger charge is 2.47. The second-order valence-corrected chi connectivity index (χ2v) is 7.12. The van der Waals surface area contributed by atoms with Crippen molar-refractivity contribution < 1.29 is 14.7 Å². The van der Waals surface area contributed by atoms with Crippen LogP contribution in [-0.2, 0) is 4.79 Å². The Morgan fingerprint density at radius 3 is 2.59 bits per heavy atom. The molecule has 1 fully saturated rings. The van der Waals surface area contributed by atoms with Crippen LogP contribution in [0.4, 0.5) is 10.5 Å². The Kier molecular flexibility index (Phi) is 3.89. The van der Waals surface area contributed by atoms with E-state index >= 15 is 0 Å².